The zero-order chi connectivity index (χ0) is 24.2. The van der Waals surface area contributed by atoms with Crippen LogP contribution < -0.4 is 16.4 Å². The predicted octanol–water partition coefficient (Wildman–Crippen LogP) is 2.21. The number of carbonyl (C=O) groups is 3. The molecule has 1 aliphatic heterocycles. The lowest BCUT2D eigenvalue weighted by Crippen LogP contribution is -2.45. The summed E-state index contributed by atoms with van der Waals surface area (Å²) in [5, 5.41) is 5.38. The molecule has 1 unspecified atom stereocenters. The summed E-state index contributed by atoms with van der Waals surface area (Å²) in [4.78, 5) is 47.2. The molecule has 0 radical (unpaired) electrons. The molecule has 1 atom stereocenters. The Morgan fingerprint density at radius 2 is 2.00 bits per heavy atom. The van der Waals surface area contributed by atoms with Gasteiger partial charge in [0.1, 0.15) is 5.60 Å². The highest BCUT2D eigenvalue weighted by Crippen LogP contribution is 2.22. The minimum absolute atomic E-state index is 0.0216. The Morgan fingerprint density at radius 3 is 2.70 bits per heavy atom. The standard InChI is InChI=1S/C23H30N6O4/c1-23(2,3)33-22(32)29-10-6-9-16(29)12-27-20(30)15-8-5-7-14(11-15)17-13-26-19(24)18(28-17)21(31)25-4/h5,7-8,11,13,16H,6,9-10,12H2,1-4H3,(H2,24,26)(H,25,31)(H,27,30). The van der Waals surface area contributed by atoms with E-state index in [1.54, 1.807) is 29.2 Å². The monoisotopic (exact) mass is 454 g/mol. The highest BCUT2D eigenvalue weighted by Gasteiger charge is 2.32. The van der Waals surface area contributed by atoms with Gasteiger partial charge < -0.3 is 26.0 Å². The fourth-order valence-corrected chi connectivity index (χ4v) is 3.56. The van der Waals surface area contributed by atoms with Gasteiger partial charge in [0.2, 0.25) is 0 Å². The Labute approximate surface area is 192 Å². The van der Waals surface area contributed by atoms with Crippen LogP contribution >= 0.6 is 0 Å². The van der Waals surface area contributed by atoms with Gasteiger partial charge in [-0.15, -0.1) is 0 Å². The molecule has 4 N–H and O–H groups in total. The molecule has 0 saturated carbocycles. The number of anilines is 1. The Bertz CT molecular complexity index is 1050. The topological polar surface area (TPSA) is 140 Å². The molecule has 1 aromatic carbocycles. The molecule has 1 aliphatic rings. The number of amides is 3. The number of carbonyl (C=O) groups excluding carboxylic acids is 3. The molecule has 0 spiro atoms. The van der Waals surface area contributed by atoms with Gasteiger partial charge in [-0.2, -0.15) is 0 Å². The van der Waals surface area contributed by atoms with E-state index in [9.17, 15) is 14.4 Å². The number of ether oxygens (including phenoxy) is 1. The van der Waals surface area contributed by atoms with Crippen LogP contribution in [-0.4, -0.2) is 64.6 Å². The van der Waals surface area contributed by atoms with Gasteiger partial charge in [-0.1, -0.05) is 12.1 Å². The first-order valence-corrected chi connectivity index (χ1v) is 10.8. The van der Waals surface area contributed by atoms with Crippen molar-refractivity contribution in [2.45, 2.75) is 45.3 Å². The van der Waals surface area contributed by atoms with Crippen molar-refractivity contribution < 1.29 is 19.1 Å². The number of aromatic nitrogens is 2. The fourth-order valence-electron chi connectivity index (χ4n) is 3.56. The van der Waals surface area contributed by atoms with Crippen molar-refractivity contribution in [3.05, 3.63) is 41.7 Å². The predicted molar refractivity (Wildman–Crippen MR) is 124 cm³/mol. The molecule has 33 heavy (non-hydrogen) atoms. The fraction of sp³-hybridized carbons (Fsp3) is 0.435. The van der Waals surface area contributed by atoms with Crippen molar-refractivity contribution in [1.82, 2.24) is 25.5 Å². The number of hydrogen-bond donors (Lipinski definition) is 3. The quantitative estimate of drug-likeness (QED) is 0.629. The lowest BCUT2D eigenvalue weighted by atomic mass is 10.1. The summed E-state index contributed by atoms with van der Waals surface area (Å²) in [5.41, 5.74) is 6.67. The third kappa shape index (κ3) is 5.97. The molecule has 176 valence electrons. The highest BCUT2D eigenvalue weighted by molar-refractivity contribution is 5.97. The van der Waals surface area contributed by atoms with Crippen LogP contribution in [0.3, 0.4) is 0 Å². The molecule has 1 saturated heterocycles. The van der Waals surface area contributed by atoms with E-state index in [2.05, 4.69) is 20.6 Å². The smallest absolute Gasteiger partial charge is 0.410 e. The maximum atomic E-state index is 12.8. The maximum Gasteiger partial charge on any atom is 0.410 e. The summed E-state index contributed by atoms with van der Waals surface area (Å²) in [7, 11) is 1.48. The van der Waals surface area contributed by atoms with Crippen LogP contribution in [0.4, 0.5) is 10.6 Å². The van der Waals surface area contributed by atoms with Gasteiger partial charge in [-0.05, 0) is 45.7 Å². The van der Waals surface area contributed by atoms with E-state index in [4.69, 9.17) is 10.5 Å². The van der Waals surface area contributed by atoms with E-state index in [0.717, 1.165) is 12.8 Å². The van der Waals surface area contributed by atoms with Crippen molar-refractivity contribution >= 4 is 23.7 Å². The molecule has 3 rings (SSSR count). The molecule has 3 amide bonds. The van der Waals surface area contributed by atoms with Gasteiger partial charge in [0.15, 0.2) is 11.5 Å². The molecule has 2 aromatic rings. The lowest BCUT2D eigenvalue weighted by molar-refractivity contribution is 0.0225. The third-order valence-corrected chi connectivity index (χ3v) is 5.17. The van der Waals surface area contributed by atoms with E-state index in [0.29, 0.717) is 29.9 Å². The molecule has 1 fully saturated rings. The second-order valence-corrected chi connectivity index (χ2v) is 8.83. The number of nitrogens with zero attached hydrogens (tertiary/aromatic N) is 3. The number of hydrogen-bond acceptors (Lipinski definition) is 7. The van der Waals surface area contributed by atoms with E-state index in [1.165, 1.54) is 13.2 Å². The third-order valence-electron chi connectivity index (χ3n) is 5.17. The minimum Gasteiger partial charge on any atom is -0.444 e. The van der Waals surface area contributed by atoms with Gasteiger partial charge in [-0.25, -0.2) is 14.8 Å². The summed E-state index contributed by atoms with van der Waals surface area (Å²) in [6, 6.07) is 6.73. The summed E-state index contributed by atoms with van der Waals surface area (Å²) in [6.07, 6.45) is 2.74. The molecule has 0 bridgehead atoms. The first-order valence-electron chi connectivity index (χ1n) is 10.8. The van der Waals surface area contributed by atoms with Gasteiger partial charge in [0, 0.05) is 31.3 Å². The number of nitrogens with one attached hydrogen (secondary N) is 2. The number of nitrogen functional groups attached to an aromatic ring is 1. The molecule has 1 aromatic heterocycles. The van der Waals surface area contributed by atoms with Crippen molar-refractivity contribution in [3.63, 3.8) is 0 Å². The maximum absolute atomic E-state index is 12.8. The summed E-state index contributed by atoms with van der Waals surface area (Å²) < 4.78 is 5.48. The summed E-state index contributed by atoms with van der Waals surface area (Å²) in [6.45, 7) is 6.41. The second-order valence-electron chi connectivity index (χ2n) is 8.83. The zero-order valence-corrected chi connectivity index (χ0v) is 19.3. The molecule has 0 aliphatic carbocycles. The number of likely N-dealkylation sites (tertiary alicyclic amines) is 1. The van der Waals surface area contributed by atoms with Crippen LogP contribution in [0, 0.1) is 0 Å². The normalized spacial score (nSPS) is 15.8. The van der Waals surface area contributed by atoms with Crippen LogP contribution in [0.5, 0.6) is 0 Å². The first-order chi connectivity index (χ1) is 15.6. The highest BCUT2D eigenvalue weighted by atomic mass is 16.6. The Balaban J connectivity index is 1.69. The van der Waals surface area contributed by atoms with Crippen molar-refractivity contribution in [2.24, 2.45) is 0 Å². The van der Waals surface area contributed by atoms with E-state index >= 15 is 0 Å². The summed E-state index contributed by atoms with van der Waals surface area (Å²) >= 11 is 0. The van der Waals surface area contributed by atoms with Gasteiger partial charge in [0.05, 0.1) is 17.9 Å². The Morgan fingerprint density at radius 1 is 1.24 bits per heavy atom. The number of benzene rings is 1. The van der Waals surface area contributed by atoms with Gasteiger partial charge in [-0.3, -0.25) is 9.59 Å². The molecular formula is C23H30N6O4. The van der Waals surface area contributed by atoms with Gasteiger partial charge >= 0.3 is 6.09 Å². The molecular weight excluding hydrogens is 424 g/mol. The van der Waals surface area contributed by atoms with E-state index < -0.39 is 11.5 Å². The van der Waals surface area contributed by atoms with Crippen LogP contribution in [0.25, 0.3) is 11.3 Å². The Kier molecular flexibility index (Phi) is 7.15. The molecule has 2 heterocycles. The average molecular weight is 455 g/mol. The zero-order valence-electron chi connectivity index (χ0n) is 19.3. The largest absolute Gasteiger partial charge is 0.444 e. The van der Waals surface area contributed by atoms with Gasteiger partial charge in [0.25, 0.3) is 11.8 Å². The van der Waals surface area contributed by atoms with E-state index in [1.807, 2.05) is 20.8 Å². The second kappa shape index (κ2) is 9.85. The number of rotatable bonds is 5. The van der Waals surface area contributed by atoms with E-state index in [-0.39, 0.29) is 29.6 Å². The minimum atomic E-state index is -0.573. The first kappa shape index (κ1) is 24.0. The molecule has 10 heteroatoms. The van der Waals surface area contributed by atoms with Crippen LogP contribution in [0.1, 0.15) is 54.5 Å². The lowest BCUT2D eigenvalue weighted by Gasteiger charge is -2.28. The Hall–Kier alpha value is -3.69. The molecule has 10 nitrogen and oxygen atoms in total. The SMILES string of the molecule is CNC(=O)c1nc(-c2cccc(C(=O)NCC3CCCN3C(=O)OC(C)(C)C)c2)cnc1N. The van der Waals surface area contributed by atoms with Crippen LogP contribution in [0.2, 0.25) is 0 Å². The van der Waals surface area contributed by atoms with Crippen LogP contribution in [0.15, 0.2) is 30.5 Å². The number of nitrogens with two attached hydrogens (primary N) is 1. The van der Waals surface area contributed by atoms with Crippen LogP contribution in [-0.2, 0) is 4.74 Å². The van der Waals surface area contributed by atoms with Crippen molar-refractivity contribution in [1.29, 1.82) is 0 Å². The average Bonchev–Trinajstić information content (AvgIpc) is 3.25. The van der Waals surface area contributed by atoms with Crippen molar-refractivity contribution in [3.8, 4) is 11.3 Å². The summed E-state index contributed by atoms with van der Waals surface area (Å²) in [5.74, 6) is -0.692. The van der Waals surface area contributed by atoms with Crippen molar-refractivity contribution in [2.75, 3.05) is 25.9 Å².